The Kier molecular flexibility index (Phi) is 6.84. The summed E-state index contributed by atoms with van der Waals surface area (Å²) in [4.78, 5) is 2.50. The predicted molar refractivity (Wildman–Crippen MR) is 127 cm³/mol. The lowest BCUT2D eigenvalue weighted by Crippen LogP contribution is -2.53. The molecule has 0 aromatic heterocycles. The SMILES string of the molecule is CNC(C1CCN(Cc2ccc(F)cc2)CC1)C(C)(c1ccccc1)c1ccccc1. The zero-order chi connectivity index (χ0) is 21.7. The van der Waals surface area contributed by atoms with E-state index in [0.29, 0.717) is 12.0 Å². The number of likely N-dealkylation sites (N-methyl/N-ethyl adjacent to an activating group) is 1. The normalized spacial score (nSPS) is 16.9. The van der Waals surface area contributed by atoms with Gasteiger partial charge in [0.05, 0.1) is 0 Å². The minimum absolute atomic E-state index is 0.110. The summed E-state index contributed by atoms with van der Waals surface area (Å²) in [6.45, 7) is 5.43. The summed E-state index contributed by atoms with van der Waals surface area (Å²) in [6, 6.07) is 29.1. The van der Waals surface area contributed by atoms with Gasteiger partial charge >= 0.3 is 0 Å². The molecule has 1 atom stereocenters. The van der Waals surface area contributed by atoms with Crippen LogP contribution in [-0.4, -0.2) is 31.1 Å². The van der Waals surface area contributed by atoms with Gasteiger partial charge in [-0.25, -0.2) is 4.39 Å². The first-order valence-electron chi connectivity index (χ1n) is 11.4. The minimum atomic E-state index is -0.166. The van der Waals surface area contributed by atoms with Crippen molar-refractivity contribution in [3.8, 4) is 0 Å². The molecule has 0 aliphatic carbocycles. The molecule has 3 aromatic rings. The standard InChI is InChI=1S/C28H33FN2/c1-28(24-9-5-3-6-10-24,25-11-7-4-8-12-25)27(30-2)23-17-19-31(20-18-23)21-22-13-15-26(29)16-14-22/h3-16,23,27,30H,17-21H2,1-2H3. The van der Waals surface area contributed by atoms with Crippen molar-refractivity contribution in [2.24, 2.45) is 5.92 Å². The first-order valence-corrected chi connectivity index (χ1v) is 11.4. The van der Waals surface area contributed by atoms with Crippen LogP contribution in [0.15, 0.2) is 84.9 Å². The van der Waals surface area contributed by atoms with E-state index in [1.165, 1.54) is 16.7 Å². The second kappa shape index (κ2) is 9.76. The van der Waals surface area contributed by atoms with Gasteiger partial charge in [0.2, 0.25) is 0 Å². The second-order valence-corrected chi connectivity index (χ2v) is 8.94. The van der Waals surface area contributed by atoms with Crippen LogP contribution in [0.4, 0.5) is 4.39 Å². The molecule has 0 radical (unpaired) electrons. The molecule has 3 aromatic carbocycles. The van der Waals surface area contributed by atoms with E-state index in [1.54, 1.807) is 12.1 Å². The maximum Gasteiger partial charge on any atom is 0.123 e. The highest BCUT2D eigenvalue weighted by Gasteiger charge is 2.41. The van der Waals surface area contributed by atoms with Crippen LogP contribution >= 0.6 is 0 Å². The minimum Gasteiger partial charge on any atom is -0.316 e. The molecular weight excluding hydrogens is 383 g/mol. The van der Waals surface area contributed by atoms with Crippen molar-refractivity contribution < 1.29 is 4.39 Å². The fraction of sp³-hybridized carbons (Fsp3) is 0.357. The van der Waals surface area contributed by atoms with E-state index in [-0.39, 0.29) is 11.2 Å². The van der Waals surface area contributed by atoms with Gasteiger partial charge in [-0.2, -0.15) is 0 Å². The summed E-state index contributed by atoms with van der Waals surface area (Å²) < 4.78 is 13.2. The molecule has 1 heterocycles. The van der Waals surface area contributed by atoms with Crippen LogP contribution < -0.4 is 5.32 Å². The Bertz CT molecular complexity index is 892. The lowest BCUT2D eigenvalue weighted by molar-refractivity contribution is 0.134. The molecular formula is C28H33FN2. The molecule has 0 bridgehead atoms. The third kappa shape index (κ3) is 4.73. The van der Waals surface area contributed by atoms with Crippen LogP contribution in [0.25, 0.3) is 0 Å². The van der Waals surface area contributed by atoms with E-state index < -0.39 is 0 Å². The summed E-state index contributed by atoms with van der Waals surface area (Å²) in [5.74, 6) is 0.417. The van der Waals surface area contributed by atoms with Gasteiger partial charge in [-0.05, 0) is 74.6 Å². The van der Waals surface area contributed by atoms with Gasteiger partial charge in [-0.15, -0.1) is 0 Å². The predicted octanol–water partition coefficient (Wildman–Crippen LogP) is 5.63. The van der Waals surface area contributed by atoms with Crippen LogP contribution in [-0.2, 0) is 12.0 Å². The molecule has 3 heteroatoms. The van der Waals surface area contributed by atoms with Gasteiger partial charge in [0.25, 0.3) is 0 Å². The van der Waals surface area contributed by atoms with Gasteiger partial charge in [-0.1, -0.05) is 72.8 Å². The average molecular weight is 417 g/mol. The summed E-state index contributed by atoms with van der Waals surface area (Å²) >= 11 is 0. The Hall–Kier alpha value is -2.49. The van der Waals surface area contributed by atoms with Crippen LogP contribution in [0.3, 0.4) is 0 Å². The van der Waals surface area contributed by atoms with Gasteiger partial charge in [0.15, 0.2) is 0 Å². The maximum atomic E-state index is 13.2. The monoisotopic (exact) mass is 416 g/mol. The van der Waals surface area contributed by atoms with E-state index in [0.717, 1.165) is 32.5 Å². The quantitative estimate of drug-likeness (QED) is 0.537. The fourth-order valence-electron chi connectivity index (χ4n) is 5.38. The molecule has 0 saturated carbocycles. The number of hydrogen-bond acceptors (Lipinski definition) is 2. The third-order valence-corrected chi connectivity index (χ3v) is 7.10. The lowest BCUT2D eigenvalue weighted by atomic mass is 9.65. The van der Waals surface area contributed by atoms with Gasteiger partial charge in [-0.3, -0.25) is 4.90 Å². The summed E-state index contributed by atoms with van der Waals surface area (Å²) in [5, 5.41) is 3.72. The number of piperidine rings is 1. The Morgan fingerprint density at radius 3 is 1.87 bits per heavy atom. The summed E-state index contributed by atoms with van der Waals surface area (Å²) in [7, 11) is 2.11. The van der Waals surface area contributed by atoms with Crippen molar-refractivity contribution in [2.75, 3.05) is 20.1 Å². The van der Waals surface area contributed by atoms with Crippen molar-refractivity contribution in [3.05, 3.63) is 107 Å². The highest BCUT2D eigenvalue weighted by Crippen LogP contribution is 2.40. The van der Waals surface area contributed by atoms with E-state index >= 15 is 0 Å². The van der Waals surface area contributed by atoms with Crippen LogP contribution in [0.2, 0.25) is 0 Å². The van der Waals surface area contributed by atoms with Gasteiger partial charge < -0.3 is 5.32 Å². The molecule has 2 nitrogen and oxygen atoms in total. The molecule has 1 N–H and O–H groups in total. The number of halogens is 1. The molecule has 4 rings (SSSR count). The van der Waals surface area contributed by atoms with Crippen molar-refractivity contribution in [1.29, 1.82) is 0 Å². The van der Waals surface area contributed by atoms with Gasteiger partial charge in [0.1, 0.15) is 5.82 Å². The first kappa shape index (κ1) is 21.7. The fourth-order valence-corrected chi connectivity index (χ4v) is 5.38. The maximum absolute atomic E-state index is 13.2. The van der Waals surface area contributed by atoms with Crippen LogP contribution in [0.1, 0.15) is 36.5 Å². The summed E-state index contributed by atoms with van der Waals surface area (Å²) in [5.41, 5.74) is 3.79. The topological polar surface area (TPSA) is 15.3 Å². The number of rotatable bonds is 7. The Balaban J connectivity index is 1.53. The zero-order valence-corrected chi connectivity index (χ0v) is 18.6. The highest BCUT2D eigenvalue weighted by molar-refractivity contribution is 5.41. The van der Waals surface area contributed by atoms with Gasteiger partial charge in [0, 0.05) is 18.0 Å². The molecule has 31 heavy (non-hydrogen) atoms. The Labute approximate surface area is 186 Å². The van der Waals surface area contributed by atoms with Crippen molar-refractivity contribution in [1.82, 2.24) is 10.2 Å². The molecule has 1 aliphatic rings. The van der Waals surface area contributed by atoms with Crippen LogP contribution in [0, 0.1) is 11.7 Å². The first-order chi connectivity index (χ1) is 15.1. The second-order valence-electron chi connectivity index (χ2n) is 8.94. The number of nitrogens with one attached hydrogen (secondary N) is 1. The summed E-state index contributed by atoms with van der Waals surface area (Å²) in [6.07, 6.45) is 2.31. The van der Waals surface area contributed by atoms with E-state index in [2.05, 4.69) is 84.9 Å². The van der Waals surface area contributed by atoms with E-state index in [4.69, 9.17) is 0 Å². The third-order valence-electron chi connectivity index (χ3n) is 7.10. The molecule has 0 spiro atoms. The highest BCUT2D eigenvalue weighted by atomic mass is 19.1. The number of benzene rings is 3. The smallest absolute Gasteiger partial charge is 0.123 e. The van der Waals surface area contributed by atoms with E-state index in [1.807, 2.05) is 12.1 Å². The lowest BCUT2D eigenvalue weighted by Gasteiger charge is -2.46. The van der Waals surface area contributed by atoms with Crippen molar-refractivity contribution in [2.45, 2.75) is 37.8 Å². The average Bonchev–Trinajstić information content (AvgIpc) is 2.83. The molecule has 1 saturated heterocycles. The number of hydrogen-bond donors (Lipinski definition) is 1. The molecule has 1 aliphatic heterocycles. The largest absolute Gasteiger partial charge is 0.316 e. The molecule has 0 amide bonds. The number of nitrogens with zero attached hydrogens (tertiary/aromatic N) is 1. The Morgan fingerprint density at radius 1 is 0.871 bits per heavy atom. The van der Waals surface area contributed by atoms with Crippen molar-refractivity contribution in [3.63, 3.8) is 0 Å². The van der Waals surface area contributed by atoms with E-state index in [9.17, 15) is 4.39 Å². The van der Waals surface area contributed by atoms with Crippen LogP contribution in [0.5, 0.6) is 0 Å². The molecule has 1 fully saturated rings. The molecule has 162 valence electrons. The zero-order valence-electron chi connectivity index (χ0n) is 18.6. The molecule has 1 unspecified atom stereocenters. The number of likely N-dealkylation sites (tertiary alicyclic amines) is 1. The van der Waals surface area contributed by atoms with Crippen molar-refractivity contribution >= 4 is 0 Å². The Morgan fingerprint density at radius 2 is 1.39 bits per heavy atom.